The van der Waals surface area contributed by atoms with E-state index in [4.69, 9.17) is 14.5 Å². The van der Waals surface area contributed by atoms with Crippen LogP contribution in [0.3, 0.4) is 0 Å². The van der Waals surface area contributed by atoms with Crippen LogP contribution in [0.2, 0.25) is 0 Å². The molecular weight excluding hydrogens is 442 g/mol. The number of aryl methyl sites for hydroxylation is 1. The van der Waals surface area contributed by atoms with Crippen LogP contribution in [0.15, 0.2) is 30.3 Å². The average molecular weight is 480 g/mol. The van der Waals surface area contributed by atoms with Gasteiger partial charge in [-0.15, -0.1) is 0 Å². The Hall–Kier alpha value is -2.84. The molecule has 0 unspecified atom stereocenters. The Morgan fingerprint density at radius 1 is 1.14 bits per heavy atom. The second kappa shape index (κ2) is 10.0. The smallest absolute Gasteiger partial charge is 0.321 e. The molecule has 0 spiro atoms. The number of aromatic nitrogens is 1. The molecule has 0 radical (unpaired) electrons. The van der Waals surface area contributed by atoms with Gasteiger partial charge < -0.3 is 29.9 Å². The molecule has 2 N–H and O–H groups in total. The Bertz CT molecular complexity index is 1060. The summed E-state index contributed by atoms with van der Waals surface area (Å²) in [6, 6.07) is 10.4. The van der Waals surface area contributed by atoms with E-state index in [1.807, 2.05) is 11.0 Å². The summed E-state index contributed by atoms with van der Waals surface area (Å²) in [6.07, 6.45) is 2.21. The van der Waals surface area contributed by atoms with Crippen LogP contribution >= 0.6 is 0 Å². The van der Waals surface area contributed by atoms with Gasteiger partial charge in [-0.3, -0.25) is 0 Å². The van der Waals surface area contributed by atoms with Crippen LogP contribution in [0.5, 0.6) is 0 Å². The van der Waals surface area contributed by atoms with Crippen molar-refractivity contribution in [1.82, 2.24) is 9.88 Å². The number of pyridine rings is 1. The number of carbonyl (C=O) groups excluding carboxylic acids is 1. The van der Waals surface area contributed by atoms with E-state index in [9.17, 15) is 4.79 Å². The fourth-order valence-corrected chi connectivity index (χ4v) is 5.04. The van der Waals surface area contributed by atoms with Gasteiger partial charge in [0.1, 0.15) is 11.6 Å². The molecule has 0 bridgehead atoms. The molecule has 3 aliphatic rings. The van der Waals surface area contributed by atoms with E-state index in [-0.39, 0.29) is 11.6 Å². The highest BCUT2D eigenvalue weighted by molar-refractivity contribution is 5.91. The largest absolute Gasteiger partial charge is 0.378 e. The Morgan fingerprint density at radius 2 is 1.94 bits per heavy atom. The summed E-state index contributed by atoms with van der Waals surface area (Å²) in [4.78, 5) is 22.0. The van der Waals surface area contributed by atoms with Crippen LogP contribution in [0.25, 0.3) is 11.1 Å². The Kier molecular flexibility index (Phi) is 6.84. The van der Waals surface area contributed by atoms with Gasteiger partial charge in [0.25, 0.3) is 0 Å². The van der Waals surface area contributed by atoms with Crippen molar-refractivity contribution in [1.29, 1.82) is 0 Å². The predicted octanol–water partition coefficient (Wildman–Crippen LogP) is 4.36. The van der Waals surface area contributed by atoms with Gasteiger partial charge in [-0.2, -0.15) is 0 Å². The summed E-state index contributed by atoms with van der Waals surface area (Å²) < 4.78 is 11.0. The molecule has 2 aromatic rings. The number of anilines is 3. The van der Waals surface area contributed by atoms with Crippen LogP contribution in [0.1, 0.15) is 32.3 Å². The summed E-state index contributed by atoms with van der Waals surface area (Å²) in [5.41, 5.74) is 4.03. The fourth-order valence-electron chi connectivity index (χ4n) is 5.04. The van der Waals surface area contributed by atoms with Crippen molar-refractivity contribution < 1.29 is 14.3 Å². The van der Waals surface area contributed by atoms with Gasteiger partial charge in [-0.05, 0) is 67.1 Å². The van der Waals surface area contributed by atoms with E-state index in [0.717, 1.165) is 73.0 Å². The van der Waals surface area contributed by atoms with E-state index >= 15 is 0 Å². The SMILES string of the molecule is CC[C@@H]1CCN(C(=O)Nc2ccc(C)c(-c3cc(NC4(C)COC4)nc(N4CCOCC4)c3)c2)C1. The monoisotopic (exact) mass is 479 g/mol. The molecule has 2 amide bonds. The first-order valence-corrected chi connectivity index (χ1v) is 12.8. The third-order valence-corrected chi connectivity index (χ3v) is 7.37. The van der Waals surface area contributed by atoms with Gasteiger partial charge >= 0.3 is 6.03 Å². The highest BCUT2D eigenvalue weighted by atomic mass is 16.5. The lowest BCUT2D eigenvalue weighted by molar-refractivity contribution is -0.0320. The van der Waals surface area contributed by atoms with Crippen molar-refractivity contribution in [3.05, 3.63) is 35.9 Å². The molecule has 4 heterocycles. The minimum atomic E-state index is -0.106. The first-order chi connectivity index (χ1) is 16.9. The molecule has 8 nitrogen and oxygen atoms in total. The van der Waals surface area contributed by atoms with Crippen molar-refractivity contribution in [3.63, 3.8) is 0 Å². The third-order valence-electron chi connectivity index (χ3n) is 7.37. The maximum absolute atomic E-state index is 12.9. The fraction of sp³-hybridized carbons (Fsp3) is 0.556. The number of nitrogens with one attached hydrogen (secondary N) is 2. The maximum atomic E-state index is 12.9. The predicted molar refractivity (Wildman–Crippen MR) is 139 cm³/mol. The molecule has 0 saturated carbocycles. The molecule has 3 saturated heterocycles. The van der Waals surface area contributed by atoms with E-state index < -0.39 is 0 Å². The first kappa shape index (κ1) is 23.9. The number of likely N-dealkylation sites (tertiary alicyclic amines) is 1. The van der Waals surface area contributed by atoms with Gasteiger partial charge in [-0.1, -0.05) is 19.4 Å². The summed E-state index contributed by atoms with van der Waals surface area (Å²) >= 11 is 0. The molecule has 0 aliphatic carbocycles. The van der Waals surface area contributed by atoms with E-state index in [1.165, 1.54) is 0 Å². The number of ether oxygens (including phenoxy) is 2. The van der Waals surface area contributed by atoms with Crippen LogP contribution in [0.4, 0.5) is 22.1 Å². The number of urea groups is 1. The number of nitrogens with zero attached hydrogens (tertiary/aromatic N) is 3. The molecule has 3 aliphatic heterocycles. The summed E-state index contributed by atoms with van der Waals surface area (Å²) in [5, 5.41) is 6.71. The lowest BCUT2D eigenvalue weighted by Crippen LogP contribution is -2.53. The van der Waals surface area contributed by atoms with Crippen molar-refractivity contribution in [2.75, 3.05) is 68.1 Å². The van der Waals surface area contributed by atoms with Crippen LogP contribution < -0.4 is 15.5 Å². The lowest BCUT2D eigenvalue weighted by Gasteiger charge is -2.39. The van der Waals surface area contributed by atoms with Gasteiger partial charge in [0.05, 0.1) is 32.0 Å². The van der Waals surface area contributed by atoms with Crippen molar-refractivity contribution in [2.24, 2.45) is 5.92 Å². The zero-order valence-electron chi connectivity index (χ0n) is 21.1. The second-order valence-corrected chi connectivity index (χ2v) is 10.3. The first-order valence-electron chi connectivity index (χ1n) is 12.8. The average Bonchev–Trinajstić information content (AvgIpc) is 3.34. The third kappa shape index (κ3) is 5.38. The number of carbonyl (C=O) groups is 1. The standard InChI is InChI=1S/C27H37N5O3/c1-4-20-7-8-32(16-20)26(33)28-22-6-5-19(2)23(15-22)21-13-24(30-27(3)17-35-18-27)29-25(14-21)31-9-11-34-12-10-31/h5-6,13-15,20H,4,7-12,16-18H2,1-3H3,(H,28,33)(H,29,30)/t20-/m1/s1. The molecule has 1 aromatic heterocycles. The quantitative estimate of drug-likeness (QED) is 0.641. The van der Waals surface area contributed by atoms with E-state index in [1.54, 1.807) is 0 Å². The number of benzene rings is 1. The number of morpholine rings is 1. The lowest BCUT2D eigenvalue weighted by atomic mass is 9.98. The maximum Gasteiger partial charge on any atom is 0.321 e. The molecule has 1 aromatic carbocycles. The molecule has 35 heavy (non-hydrogen) atoms. The van der Waals surface area contributed by atoms with Gasteiger partial charge in [0, 0.05) is 31.9 Å². The Labute approximate surface area is 208 Å². The van der Waals surface area contributed by atoms with Gasteiger partial charge in [0.2, 0.25) is 0 Å². The number of hydrogen-bond acceptors (Lipinski definition) is 6. The van der Waals surface area contributed by atoms with Crippen LogP contribution in [0, 0.1) is 12.8 Å². The normalized spacial score (nSPS) is 21.5. The van der Waals surface area contributed by atoms with Crippen molar-refractivity contribution in [2.45, 2.75) is 39.2 Å². The van der Waals surface area contributed by atoms with Crippen LogP contribution in [-0.2, 0) is 9.47 Å². The van der Waals surface area contributed by atoms with Gasteiger partial charge in [0.15, 0.2) is 0 Å². The number of hydrogen-bond donors (Lipinski definition) is 2. The van der Waals surface area contributed by atoms with E-state index in [2.05, 4.69) is 60.6 Å². The molecule has 188 valence electrons. The molecule has 1 atom stereocenters. The number of rotatable bonds is 6. The summed E-state index contributed by atoms with van der Waals surface area (Å²) in [5.74, 6) is 2.39. The zero-order valence-corrected chi connectivity index (χ0v) is 21.1. The summed E-state index contributed by atoms with van der Waals surface area (Å²) in [7, 11) is 0. The van der Waals surface area contributed by atoms with Crippen molar-refractivity contribution in [3.8, 4) is 11.1 Å². The minimum absolute atomic E-state index is 0.0141. The topological polar surface area (TPSA) is 79.0 Å². The molecule has 8 heteroatoms. The highest BCUT2D eigenvalue weighted by Gasteiger charge is 2.34. The van der Waals surface area contributed by atoms with Crippen LogP contribution in [-0.4, -0.2) is 74.1 Å². The molecule has 5 rings (SSSR count). The van der Waals surface area contributed by atoms with Crippen molar-refractivity contribution >= 4 is 23.4 Å². The highest BCUT2D eigenvalue weighted by Crippen LogP contribution is 2.33. The molecule has 3 fully saturated rings. The Morgan fingerprint density at radius 3 is 2.63 bits per heavy atom. The van der Waals surface area contributed by atoms with Gasteiger partial charge in [-0.25, -0.2) is 9.78 Å². The molecular formula is C27H37N5O3. The number of amides is 2. The zero-order chi connectivity index (χ0) is 24.4. The Balaban J connectivity index is 1.43. The second-order valence-electron chi connectivity index (χ2n) is 10.3. The minimum Gasteiger partial charge on any atom is -0.378 e. The van der Waals surface area contributed by atoms with E-state index in [0.29, 0.717) is 32.3 Å². The summed E-state index contributed by atoms with van der Waals surface area (Å²) in [6.45, 7) is 12.5.